The molecule has 0 atom stereocenters. The van der Waals surface area contributed by atoms with Crippen LogP contribution in [0.3, 0.4) is 0 Å². The fourth-order valence-corrected chi connectivity index (χ4v) is 3.25. The first kappa shape index (κ1) is 18.8. The van der Waals surface area contributed by atoms with Crippen LogP contribution in [0.2, 0.25) is 0 Å². The number of amides is 1. The van der Waals surface area contributed by atoms with Gasteiger partial charge in [0.1, 0.15) is 11.5 Å². The van der Waals surface area contributed by atoms with Gasteiger partial charge in [0, 0.05) is 31.7 Å². The van der Waals surface area contributed by atoms with Crippen LogP contribution in [0.25, 0.3) is 0 Å². The molecule has 3 rings (SSSR count). The maximum atomic E-state index is 13.3. The highest BCUT2D eigenvalue weighted by Crippen LogP contribution is 2.29. The molecule has 6 nitrogen and oxygen atoms in total. The molecule has 0 unspecified atom stereocenters. The predicted molar refractivity (Wildman–Crippen MR) is 102 cm³/mol. The number of nitrogens with zero attached hydrogens (tertiary/aromatic N) is 3. The van der Waals surface area contributed by atoms with E-state index in [2.05, 4.69) is 13.8 Å². The van der Waals surface area contributed by atoms with E-state index in [9.17, 15) is 19.3 Å². The minimum atomic E-state index is -0.635. The van der Waals surface area contributed by atoms with Gasteiger partial charge in [-0.2, -0.15) is 0 Å². The Balaban J connectivity index is 1.68. The molecule has 1 aliphatic heterocycles. The molecule has 0 spiro atoms. The van der Waals surface area contributed by atoms with Crippen molar-refractivity contribution in [1.82, 2.24) is 4.90 Å². The quantitative estimate of drug-likeness (QED) is 0.605. The van der Waals surface area contributed by atoms with Crippen molar-refractivity contribution >= 4 is 17.3 Å². The van der Waals surface area contributed by atoms with Crippen molar-refractivity contribution in [2.45, 2.75) is 19.8 Å². The fourth-order valence-electron chi connectivity index (χ4n) is 3.25. The van der Waals surface area contributed by atoms with E-state index in [0.717, 1.165) is 6.07 Å². The fraction of sp³-hybridized carbons (Fsp3) is 0.350. The Morgan fingerprint density at radius 3 is 2.26 bits per heavy atom. The lowest BCUT2D eigenvalue weighted by Gasteiger charge is -2.35. The van der Waals surface area contributed by atoms with Gasteiger partial charge in [-0.05, 0) is 35.7 Å². The lowest BCUT2D eigenvalue weighted by atomic mass is 10.0. The highest BCUT2D eigenvalue weighted by atomic mass is 19.1. The van der Waals surface area contributed by atoms with E-state index in [1.807, 2.05) is 29.2 Å². The monoisotopic (exact) mass is 371 g/mol. The van der Waals surface area contributed by atoms with Crippen LogP contribution in [-0.2, 0) is 0 Å². The zero-order valence-electron chi connectivity index (χ0n) is 15.4. The van der Waals surface area contributed by atoms with Crippen molar-refractivity contribution in [2.24, 2.45) is 0 Å². The van der Waals surface area contributed by atoms with E-state index in [1.54, 1.807) is 4.90 Å². The summed E-state index contributed by atoms with van der Waals surface area (Å²) in [5.74, 6) is -0.271. The van der Waals surface area contributed by atoms with Crippen molar-refractivity contribution in [2.75, 3.05) is 31.1 Å². The Morgan fingerprint density at radius 2 is 1.70 bits per heavy atom. The Kier molecular flexibility index (Phi) is 5.39. The first-order valence-electron chi connectivity index (χ1n) is 8.95. The average molecular weight is 371 g/mol. The number of nitro groups is 1. The van der Waals surface area contributed by atoms with Gasteiger partial charge in [0.25, 0.3) is 11.6 Å². The van der Waals surface area contributed by atoms with Gasteiger partial charge in [0.15, 0.2) is 0 Å². The summed E-state index contributed by atoms with van der Waals surface area (Å²) in [6.45, 7) is 6.04. The predicted octanol–water partition coefficient (Wildman–Crippen LogP) is 3.82. The molecule has 0 aliphatic carbocycles. The number of piperazine rings is 1. The van der Waals surface area contributed by atoms with Gasteiger partial charge >= 0.3 is 0 Å². The van der Waals surface area contributed by atoms with Crippen LogP contribution in [0.15, 0.2) is 42.5 Å². The number of benzene rings is 2. The van der Waals surface area contributed by atoms with E-state index in [4.69, 9.17) is 0 Å². The van der Waals surface area contributed by atoms with Gasteiger partial charge in [-0.3, -0.25) is 14.9 Å². The van der Waals surface area contributed by atoms with E-state index in [1.165, 1.54) is 17.7 Å². The largest absolute Gasteiger partial charge is 0.362 e. The molecule has 1 aliphatic rings. The van der Waals surface area contributed by atoms with Gasteiger partial charge in [0.05, 0.1) is 11.0 Å². The summed E-state index contributed by atoms with van der Waals surface area (Å²) in [5, 5.41) is 11.2. The minimum Gasteiger partial charge on any atom is -0.362 e. The highest BCUT2D eigenvalue weighted by molar-refractivity contribution is 5.94. The van der Waals surface area contributed by atoms with Gasteiger partial charge in [-0.1, -0.05) is 26.0 Å². The molecule has 2 aromatic rings. The molecule has 142 valence electrons. The van der Waals surface area contributed by atoms with Crippen LogP contribution < -0.4 is 4.90 Å². The molecule has 0 N–H and O–H groups in total. The second kappa shape index (κ2) is 7.73. The van der Waals surface area contributed by atoms with Gasteiger partial charge < -0.3 is 9.80 Å². The molecule has 0 aromatic heterocycles. The first-order chi connectivity index (χ1) is 12.9. The zero-order valence-corrected chi connectivity index (χ0v) is 15.4. The smallest absolute Gasteiger partial charge is 0.295 e. The summed E-state index contributed by atoms with van der Waals surface area (Å²) < 4.78 is 13.3. The summed E-state index contributed by atoms with van der Waals surface area (Å²) in [7, 11) is 0. The standard InChI is InChI=1S/C20H22FN3O3/c1-14(2)15-3-5-16(6-4-15)20(25)23-11-9-22(10-12-23)18-8-7-17(21)13-19(18)24(26)27/h3-8,13-14H,9-12H2,1-2H3. The summed E-state index contributed by atoms with van der Waals surface area (Å²) in [6.07, 6.45) is 0. The normalized spacial score (nSPS) is 14.5. The summed E-state index contributed by atoms with van der Waals surface area (Å²) >= 11 is 0. The number of carbonyl (C=O) groups excluding carboxylic acids is 1. The number of carbonyl (C=O) groups is 1. The minimum absolute atomic E-state index is 0.0430. The van der Waals surface area contributed by atoms with E-state index < -0.39 is 10.7 Å². The third-order valence-electron chi connectivity index (χ3n) is 4.87. The van der Waals surface area contributed by atoms with Crippen LogP contribution in [-0.4, -0.2) is 41.9 Å². The topological polar surface area (TPSA) is 66.7 Å². The third-order valence-corrected chi connectivity index (χ3v) is 4.87. The SMILES string of the molecule is CC(C)c1ccc(C(=O)N2CCN(c3ccc(F)cc3[N+](=O)[O-])CC2)cc1. The van der Waals surface area contributed by atoms with E-state index >= 15 is 0 Å². The summed E-state index contributed by atoms with van der Waals surface area (Å²) in [4.78, 5) is 26.9. The Labute approximate surface area is 157 Å². The van der Waals surface area contributed by atoms with Crippen molar-refractivity contribution in [3.63, 3.8) is 0 Å². The Hall–Kier alpha value is -2.96. The molecule has 27 heavy (non-hydrogen) atoms. The van der Waals surface area contributed by atoms with Gasteiger partial charge in [-0.15, -0.1) is 0 Å². The maximum Gasteiger partial charge on any atom is 0.295 e. The van der Waals surface area contributed by atoms with Crippen molar-refractivity contribution in [3.05, 3.63) is 69.5 Å². The third kappa shape index (κ3) is 4.07. The highest BCUT2D eigenvalue weighted by Gasteiger charge is 2.26. The molecular weight excluding hydrogens is 349 g/mol. The number of rotatable bonds is 4. The van der Waals surface area contributed by atoms with Crippen LogP contribution >= 0.6 is 0 Å². The number of halogens is 1. The lowest BCUT2D eigenvalue weighted by Crippen LogP contribution is -2.49. The Morgan fingerprint density at radius 1 is 1.07 bits per heavy atom. The van der Waals surface area contributed by atoms with Crippen LogP contribution in [0.4, 0.5) is 15.8 Å². The van der Waals surface area contributed by atoms with Gasteiger partial charge in [0.2, 0.25) is 0 Å². The molecule has 1 amide bonds. The summed E-state index contributed by atoms with van der Waals surface area (Å²) in [6, 6.07) is 11.2. The average Bonchev–Trinajstić information content (AvgIpc) is 2.67. The number of hydrogen-bond donors (Lipinski definition) is 0. The first-order valence-corrected chi connectivity index (χ1v) is 8.95. The van der Waals surface area contributed by atoms with Crippen LogP contribution in [0, 0.1) is 15.9 Å². The van der Waals surface area contributed by atoms with Crippen LogP contribution in [0.5, 0.6) is 0 Å². The summed E-state index contributed by atoms with van der Waals surface area (Å²) in [5.41, 5.74) is 1.95. The van der Waals surface area contributed by atoms with Crippen molar-refractivity contribution in [3.8, 4) is 0 Å². The second-order valence-corrected chi connectivity index (χ2v) is 6.95. The molecule has 1 saturated heterocycles. The maximum absolute atomic E-state index is 13.3. The van der Waals surface area contributed by atoms with Crippen LogP contribution in [0.1, 0.15) is 35.7 Å². The lowest BCUT2D eigenvalue weighted by molar-refractivity contribution is -0.384. The molecule has 0 bridgehead atoms. The molecule has 7 heteroatoms. The van der Waals surface area contributed by atoms with Crippen molar-refractivity contribution in [1.29, 1.82) is 0 Å². The number of nitro benzene ring substituents is 1. The van der Waals surface area contributed by atoms with E-state index in [-0.39, 0.29) is 11.6 Å². The number of anilines is 1. The molecule has 1 fully saturated rings. The molecule has 2 aromatic carbocycles. The van der Waals surface area contributed by atoms with E-state index in [0.29, 0.717) is 43.3 Å². The van der Waals surface area contributed by atoms with Crippen molar-refractivity contribution < 1.29 is 14.1 Å². The Bertz CT molecular complexity index is 844. The molecule has 1 heterocycles. The molecule has 0 saturated carbocycles. The number of hydrogen-bond acceptors (Lipinski definition) is 4. The zero-order chi connectivity index (χ0) is 19.6. The second-order valence-electron chi connectivity index (χ2n) is 6.95. The molecule has 0 radical (unpaired) electrons. The van der Waals surface area contributed by atoms with Gasteiger partial charge in [-0.25, -0.2) is 4.39 Å². The molecular formula is C20H22FN3O3.